The molecule has 0 spiro atoms. The summed E-state index contributed by atoms with van der Waals surface area (Å²) in [6.07, 6.45) is 2.22. The van der Waals surface area contributed by atoms with Crippen LogP contribution in [0.15, 0.2) is 55.0 Å². The van der Waals surface area contributed by atoms with Crippen molar-refractivity contribution in [1.82, 2.24) is 30.8 Å². The summed E-state index contributed by atoms with van der Waals surface area (Å²) >= 11 is 0. The zero-order chi connectivity index (χ0) is 33.9. The molecule has 0 radical (unpaired) electrons. The van der Waals surface area contributed by atoms with Crippen molar-refractivity contribution in [3.63, 3.8) is 0 Å². The number of aromatic amines is 1. The van der Waals surface area contributed by atoms with E-state index in [0.29, 0.717) is 38.4 Å². The second-order valence-corrected chi connectivity index (χ2v) is 12.9. The summed E-state index contributed by atoms with van der Waals surface area (Å²) in [7, 11) is 0. The normalized spacial score (nSPS) is 16.0. The van der Waals surface area contributed by atoms with Crippen molar-refractivity contribution in [2.75, 3.05) is 26.3 Å². The molecule has 1 aliphatic heterocycles. The zero-order valence-corrected chi connectivity index (χ0v) is 27.7. The van der Waals surface area contributed by atoms with Crippen LogP contribution in [0.2, 0.25) is 0 Å². The van der Waals surface area contributed by atoms with E-state index >= 15 is 0 Å². The van der Waals surface area contributed by atoms with Crippen LogP contribution >= 0.6 is 0 Å². The third-order valence-corrected chi connectivity index (χ3v) is 8.25. The summed E-state index contributed by atoms with van der Waals surface area (Å²) in [5.74, 6) is -2.46. The molecular weight excluding hydrogens is 600 g/mol. The number of carbonyl (C=O) groups is 4. The van der Waals surface area contributed by atoms with Crippen LogP contribution in [0.3, 0.4) is 0 Å². The molecule has 4 atom stereocenters. The summed E-state index contributed by atoms with van der Waals surface area (Å²) in [5, 5.41) is 21.4. The van der Waals surface area contributed by atoms with Gasteiger partial charge in [-0.05, 0) is 48.9 Å². The number of aliphatic hydroxyl groups excluding tert-OH is 1. The molecule has 5 N–H and O–H groups in total. The summed E-state index contributed by atoms with van der Waals surface area (Å²) in [6.45, 7) is 9.23. The molecule has 4 amide bonds. The summed E-state index contributed by atoms with van der Waals surface area (Å²) in [6, 6.07) is 11.6. The third kappa shape index (κ3) is 10.4. The van der Waals surface area contributed by atoms with Crippen LogP contribution in [0.1, 0.15) is 51.8 Å². The van der Waals surface area contributed by atoms with E-state index in [1.54, 1.807) is 24.9 Å². The van der Waals surface area contributed by atoms with E-state index in [0.717, 1.165) is 16.3 Å². The number of imidazole rings is 1. The number of amides is 4. The Kier molecular flexibility index (Phi) is 12.9. The van der Waals surface area contributed by atoms with E-state index in [9.17, 15) is 24.3 Å². The Morgan fingerprint density at radius 1 is 0.915 bits per heavy atom. The van der Waals surface area contributed by atoms with Crippen molar-refractivity contribution in [3.05, 3.63) is 66.2 Å². The number of fused-ring (bicyclic) bond motifs is 1. The molecular formula is C35H48N6O6. The number of morpholine rings is 1. The Morgan fingerprint density at radius 2 is 1.64 bits per heavy atom. The van der Waals surface area contributed by atoms with Crippen LogP contribution in [-0.4, -0.2) is 94.1 Å². The largest absolute Gasteiger partial charge is 0.381 e. The highest BCUT2D eigenvalue weighted by Gasteiger charge is 2.34. The monoisotopic (exact) mass is 648 g/mol. The predicted octanol–water partition coefficient (Wildman–Crippen LogP) is 2.11. The molecule has 1 aliphatic rings. The highest BCUT2D eigenvalue weighted by molar-refractivity contribution is 5.92. The molecule has 12 heteroatoms. The maximum absolute atomic E-state index is 14.1. The van der Waals surface area contributed by atoms with Crippen LogP contribution in [0.5, 0.6) is 0 Å². The summed E-state index contributed by atoms with van der Waals surface area (Å²) < 4.78 is 5.41. The molecule has 1 saturated heterocycles. The van der Waals surface area contributed by atoms with Crippen molar-refractivity contribution < 1.29 is 29.0 Å². The van der Waals surface area contributed by atoms with Crippen molar-refractivity contribution >= 4 is 34.4 Å². The van der Waals surface area contributed by atoms with Gasteiger partial charge in [-0.25, -0.2) is 4.98 Å². The van der Waals surface area contributed by atoms with Gasteiger partial charge in [-0.3, -0.25) is 19.2 Å². The number of aromatic nitrogens is 2. The molecule has 254 valence electrons. The predicted molar refractivity (Wildman–Crippen MR) is 178 cm³/mol. The van der Waals surface area contributed by atoms with Crippen molar-refractivity contribution in [3.8, 4) is 0 Å². The summed E-state index contributed by atoms with van der Waals surface area (Å²) in [5.41, 5.74) is 1.53. The Balaban J connectivity index is 1.59. The van der Waals surface area contributed by atoms with Gasteiger partial charge in [-0.2, -0.15) is 0 Å². The lowest BCUT2D eigenvalue weighted by Crippen LogP contribution is -2.57. The molecule has 0 aliphatic carbocycles. The zero-order valence-electron chi connectivity index (χ0n) is 27.7. The number of nitrogens with one attached hydrogen (secondary N) is 4. The van der Waals surface area contributed by atoms with Gasteiger partial charge in [0.1, 0.15) is 6.04 Å². The number of rotatable bonds is 15. The molecule has 0 bridgehead atoms. The van der Waals surface area contributed by atoms with Gasteiger partial charge in [0.25, 0.3) is 5.91 Å². The van der Waals surface area contributed by atoms with Crippen molar-refractivity contribution in [1.29, 1.82) is 0 Å². The van der Waals surface area contributed by atoms with Crippen LogP contribution in [0.25, 0.3) is 10.8 Å². The van der Waals surface area contributed by atoms with Gasteiger partial charge in [0.05, 0.1) is 31.5 Å². The number of benzene rings is 2. The number of ether oxygens (including phenoxy) is 1. The lowest BCUT2D eigenvalue weighted by atomic mass is 9.91. The second-order valence-electron chi connectivity index (χ2n) is 12.9. The molecule has 47 heavy (non-hydrogen) atoms. The Labute approximate surface area is 276 Å². The first-order valence-electron chi connectivity index (χ1n) is 16.4. The van der Waals surface area contributed by atoms with E-state index < -0.39 is 41.8 Å². The standard InChI is InChI=1S/C35H48N6O6/c1-22(2)16-29(32(43)35(46)38-23(3)4)39-34(45)30(19-27-20-36-21-37-27)40-33(44)26(18-31(42)41-12-14-47-15-13-41)17-25-10-7-9-24-8-5-6-11-28(24)25/h5-11,20-23,26,29-30,32,43H,12-19H2,1-4H3,(H,36,37)(H,38,46)(H,39,45)(H,40,44). The molecule has 2 heterocycles. The SMILES string of the molecule is CC(C)CC(NC(=O)C(Cc1cnc[nH]1)NC(=O)C(CC(=O)N1CCOCC1)Cc1cccc2ccccc12)C(O)C(=O)NC(C)C. The number of H-pyrrole nitrogens is 1. The Morgan fingerprint density at radius 3 is 2.32 bits per heavy atom. The Hall–Kier alpha value is -4.29. The van der Waals surface area contributed by atoms with Gasteiger partial charge in [0.2, 0.25) is 17.7 Å². The first-order valence-corrected chi connectivity index (χ1v) is 16.4. The fourth-order valence-corrected chi connectivity index (χ4v) is 5.87. The maximum Gasteiger partial charge on any atom is 0.251 e. The van der Waals surface area contributed by atoms with Crippen LogP contribution in [0.4, 0.5) is 0 Å². The van der Waals surface area contributed by atoms with Gasteiger partial charge >= 0.3 is 0 Å². The highest BCUT2D eigenvalue weighted by atomic mass is 16.5. The topological polar surface area (TPSA) is 166 Å². The average molecular weight is 649 g/mol. The Bertz CT molecular complexity index is 1480. The van der Waals surface area contributed by atoms with E-state index in [1.807, 2.05) is 56.3 Å². The van der Waals surface area contributed by atoms with E-state index in [2.05, 4.69) is 25.9 Å². The molecule has 0 saturated carbocycles. The number of hydrogen-bond donors (Lipinski definition) is 5. The van der Waals surface area contributed by atoms with Crippen LogP contribution in [0, 0.1) is 11.8 Å². The molecule has 1 fully saturated rings. The maximum atomic E-state index is 14.1. The molecule has 2 aromatic carbocycles. The summed E-state index contributed by atoms with van der Waals surface area (Å²) in [4.78, 5) is 62.9. The second kappa shape index (κ2) is 17.0. The fraction of sp³-hybridized carbons (Fsp3) is 0.514. The smallest absolute Gasteiger partial charge is 0.251 e. The minimum absolute atomic E-state index is 0.0441. The van der Waals surface area contributed by atoms with Crippen LogP contribution in [-0.2, 0) is 36.8 Å². The van der Waals surface area contributed by atoms with Gasteiger partial charge in [-0.15, -0.1) is 0 Å². The minimum atomic E-state index is -1.49. The molecule has 3 aromatic rings. The van der Waals surface area contributed by atoms with Gasteiger partial charge in [0.15, 0.2) is 6.10 Å². The molecule has 1 aromatic heterocycles. The van der Waals surface area contributed by atoms with Gasteiger partial charge < -0.3 is 35.7 Å². The lowest BCUT2D eigenvalue weighted by Gasteiger charge is -2.30. The number of nitrogens with zero attached hydrogens (tertiary/aromatic N) is 2. The number of hydrogen-bond acceptors (Lipinski definition) is 7. The molecule has 4 rings (SSSR count). The first-order chi connectivity index (χ1) is 22.5. The lowest BCUT2D eigenvalue weighted by molar-refractivity contribution is -0.140. The number of aliphatic hydroxyl groups is 1. The van der Waals surface area contributed by atoms with E-state index in [-0.39, 0.29) is 37.1 Å². The van der Waals surface area contributed by atoms with Crippen LogP contribution < -0.4 is 16.0 Å². The quantitative estimate of drug-likeness (QED) is 0.168. The van der Waals surface area contributed by atoms with E-state index in [1.165, 1.54) is 6.33 Å². The fourth-order valence-electron chi connectivity index (χ4n) is 5.87. The minimum Gasteiger partial charge on any atom is -0.381 e. The first kappa shape index (κ1) is 35.6. The number of carbonyl (C=O) groups excluding carboxylic acids is 4. The van der Waals surface area contributed by atoms with Crippen molar-refractivity contribution in [2.45, 2.75) is 77.6 Å². The average Bonchev–Trinajstić information content (AvgIpc) is 3.56. The molecule has 4 unspecified atom stereocenters. The molecule has 12 nitrogen and oxygen atoms in total. The highest BCUT2D eigenvalue weighted by Crippen LogP contribution is 2.24. The third-order valence-electron chi connectivity index (χ3n) is 8.25. The van der Waals surface area contributed by atoms with E-state index in [4.69, 9.17) is 4.74 Å². The van der Waals surface area contributed by atoms with Crippen molar-refractivity contribution in [2.24, 2.45) is 11.8 Å². The van der Waals surface area contributed by atoms with Gasteiger partial charge in [-0.1, -0.05) is 56.3 Å². The van der Waals surface area contributed by atoms with Gasteiger partial charge in [0, 0.05) is 43.9 Å².